The third kappa shape index (κ3) is 17.0. The van der Waals surface area contributed by atoms with E-state index in [0.29, 0.717) is 26.4 Å². The van der Waals surface area contributed by atoms with Gasteiger partial charge in [-0.1, -0.05) is 0 Å². The molecule has 92 valence electrons. The van der Waals surface area contributed by atoms with Crippen molar-refractivity contribution in [1.29, 1.82) is 0 Å². The fraction of sp³-hybridized carbons (Fsp3) is 1.00. The van der Waals surface area contributed by atoms with Crippen LogP contribution in [0.15, 0.2) is 0 Å². The van der Waals surface area contributed by atoms with Gasteiger partial charge in [-0.25, -0.2) is 0 Å². The van der Waals surface area contributed by atoms with Crippen LogP contribution in [0.3, 0.4) is 0 Å². The average Bonchev–Trinajstić information content (AvgIpc) is 2.14. The first kappa shape index (κ1) is 18.9. The van der Waals surface area contributed by atoms with Crippen LogP contribution >= 0.6 is 7.91 Å². The zero-order valence-corrected chi connectivity index (χ0v) is 10.4. The second kappa shape index (κ2) is 12.0. The topological polar surface area (TPSA) is 77.0 Å². The summed E-state index contributed by atoms with van der Waals surface area (Å²) in [6, 6.07) is 0. The Bertz CT molecular complexity index is 190. The van der Waals surface area contributed by atoms with Gasteiger partial charge in [0.15, 0.2) is 0 Å². The van der Waals surface area contributed by atoms with Gasteiger partial charge in [0, 0.05) is 7.11 Å². The average molecular weight is 252 g/mol. The zero-order chi connectivity index (χ0) is 11.6. The van der Waals surface area contributed by atoms with Crippen LogP contribution in [0.1, 0.15) is 0 Å². The van der Waals surface area contributed by atoms with Crippen molar-refractivity contribution in [3.05, 3.63) is 0 Å². The standard InChI is InChI=1S/C7H16FO6P.Li/c1-11-2-3-12-4-5-13-6-7-14-15(8,9)10;/h2-7H2,1H3,(H,9,10);/q;+1/p-1. The molecule has 0 spiro atoms. The predicted molar refractivity (Wildman–Crippen MR) is 48.2 cm³/mol. The third-order valence-electron chi connectivity index (χ3n) is 1.28. The number of rotatable bonds is 10. The largest absolute Gasteiger partial charge is 1.00 e. The van der Waals surface area contributed by atoms with E-state index in [1.54, 1.807) is 7.11 Å². The van der Waals surface area contributed by atoms with Gasteiger partial charge >= 0.3 is 26.8 Å². The summed E-state index contributed by atoms with van der Waals surface area (Å²) in [7, 11) is -3.55. The molecule has 6 nitrogen and oxygen atoms in total. The fourth-order valence-electron chi connectivity index (χ4n) is 0.669. The van der Waals surface area contributed by atoms with Crippen LogP contribution in [0.4, 0.5) is 4.20 Å². The molecule has 0 aromatic heterocycles. The van der Waals surface area contributed by atoms with Crippen LogP contribution in [-0.2, 0) is 23.3 Å². The molecule has 0 aromatic carbocycles. The first-order valence-electron chi connectivity index (χ1n) is 4.36. The van der Waals surface area contributed by atoms with Gasteiger partial charge in [0.2, 0.25) is 0 Å². The first-order valence-corrected chi connectivity index (χ1v) is 5.79. The van der Waals surface area contributed by atoms with Crippen LogP contribution < -0.4 is 23.8 Å². The van der Waals surface area contributed by atoms with E-state index in [1.807, 2.05) is 0 Å². The smallest absolute Gasteiger partial charge is 0.753 e. The number of hydrogen-bond donors (Lipinski definition) is 0. The SMILES string of the molecule is COCCOCCOCCOP(=O)([O-])F.[Li+]. The van der Waals surface area contributed by atoms with Crippen molar-refractivity contribution in [2.75, 3.05) is 46.8 Å². The molecule has 0 heterocycles. The van der Waals surface area contributed by atoms with Gasteiger partial charge in [-0.3, -0.25) is 4.57 Å². The molecule has 0 aliphatic heterocycles. The maximum atomic E-state index is 11.8. The molecule has 0 rings (SSSR count). The molecule has 0 radical (unpaired) electrons. The minimum Gasteiger partial charge on any atom is -0.753 e. The predicted octanol–water partition coefficient (Wildman–Crippen LogP) is -2.88. The van der Waals surface area contributed by atoms with Crippen molar-refractivity contribution in [2.45, 2.75) is 0 Å². The third-order valence-corrected chi connectivity index (χ3v) is 1.77. The summed E-state index contributed by atoms with van der Waals surface area (Å²) in [5.41, 5.74) is 0. The monoisotopic (exact) mass is 252 g/mol. The molecule has 0 aromatic rings. The molecule has 9 heteroatoms. The summed E-state index contributed by atoms with van der Waals surface area (Å²) < 4.78 is 40.2. The molecule has 0 saturated carbocycles. The van der Waals surface area contributed by atoms with Crippen LogP contribution in [0.5, 0.6) is 0 Å². The Balaban J connectivity index is 0. The molecule has 0 N–H and O–H groups in total. The zero-order valence-electron chi connectivity index (χ0n) is 9.52. The van der Waals surface area contributed by atoms with Gasteiger partial charge < -0.3 is 23.6 Å². The second-order valence-corrected chi connectivity index (χ2v) is 3.60. The maximum Gasteiger partial charge on any atom is 1.00 e. The molecule has 0 aliphatic rings. The van der Waals surface area contributed by atoms with Crippen LogP contribution in [0.2, 0.25) is 0 Å². The van der Waals surface area contributed by atoms with Gasteiger partial charge in [-0.05, 0) is 0 Å². The Morgan fingerprint density at radius 3 is 1.94 bits per heavy atom. The molecule has 1 atom stereocenters. The number of hydrogen-bond acceptors (Lipinski definition) is 6. The maximum absolute atomic E-state index is 11.8. The minimum atomic E-state index is -5.11. The normalized spacial score (nSPS) is 14.2. The summed E-state index contributed by atoms with van der Waals surface area (Å²) in [5, 5.41) is 0. The molecule has 0 amide bonds. The quantitative estimate of drug-likeness (QED) is 0.236. The second-order valence-electron chi connectivity index (χ2n) is 2.48. The summed E-state index contributed by atoms with van der Waals surface area (Å²) in [6.45, 7) is 1.32. The molecule has 0 bridgehead atoms. The summed E-state index contributed by atoms with van der Waals surface area (Å²) in [4.78, 5) is 9.88. The van der Waals surface area contributed by atoms with Crippen molar-refractivity contribution in [3.8, 4) is 0 Å². The minimum absolute atomic E-state index is 0. The van der Waals surface area contributed by atoms with Gasteiger partial charge in [0.05, 0.1) is 39.6 Å². The fourth-order valence-corrected chi connectivity index (χ4v) is 0.962. The van der Waals surface area contributed by atoms with Crippen molar-refractivity contribution < 1.29 is 51.3 Å². The Hall–Kier alpha value is 0.557. The van der Waals surface area contributed by atoms with Crippen LogP contribution in [0.25, 0.3) is 0 Å². The van der Waals surface area contributed by atoms with E-state index < -0.39 is 7.91 Å². The van der Waals surface area contributed by atoms with E-state index in [2.05, 4.69) is 4.52 Å². The Morgan fingerprint density at radius 1 is 1.06 bits per heavy atom. The molecule has 0 fully saturated rings. The van der Waals surface area contributed by atoms with Gasteiger partial charge in [-0.2, -0.15) is 4.20 Å². The van der Waals surface area contributed by atoms with Crippen molar-refractivity contribution in [1.82, 2.24) is 0 Å². The molecular weight excluding hydrogens is 237 g/mol. The van der Waals surface area contributed by atoms with Crippen molar-refractivity contribution in [3.63, 3.8) is 0 Å². The van der Waals surface area contributed by atoms with Gasteiger partial charge in [0.25, 0.3) is 0 Å². The molecule has 0 aliphatic carbocycles. The van der Waals surface area contributed by atoms with Gasteiger partial charge in [-0.15, -0.1) is 0 Å². The summed E-state index contributed by atoms with van der Waals surface area (Å²) in [5.74, 6) is 0. The molecule has 1 unspecified atom stereocenters. The molecular formula is C7H15FLiO6P. The summed E-state index contributed by atoms with van der Waals surface area (Å²) >= 11 is 0. The van der Waals surface area contributed by atoms with E-state index in [0.717, 1.165) is 0 Å². The Labute approximate surface area is 106 Å². The Kier molecular flexibility index (Phi) is 14.2. The Morgan fingerprint density at radius 2 is 1.50 bits per heavy atom. The van der Waals surface area contributed by atoms with E-state index in [1.165, 1.54) is 0 Å². The summed E-state index contributed by atoms with van der Waals surface area (Å²) in [6.07, 6.45) is 0. The van der Waals surface area contributed by atoms with E-state index in [9.17, 15) is 13.7 Å². The van der Waals surface area contributed by atoms with Crippen LogP contribution in [-0.4, -0.2) is 46.8 Å². The van der Waals surface area contributed by atoms with Crippen LogP contribution in [0, 0.1) is 0 Å². The number of methoxy groups -OCH3 is 1. The van der Waals surface area contributed by atoms with Gasteiger partial charge in [0.1, 0.15) is 0 Å². The molecule has 0 saturated heterocycles. The molecule has 16 heavy (non-hydrogen) atoms. The van der Waals surface area contributed by atoms with Crippen molar-refractivity contribution >= 4 is 7.91 Å². The first-order chi connectivity index (χ1) is 7.06. The van der Waals surface area contributed by atoms with E-state index >= 15 is 0 Å². The van der Waals surface area contributed by atoms with E-state index in [4.69, 9.17) is 14.2 Å². The number of halogens is 1. The number of ether oxygens (including phenoxy) is 3. The van der Waals surface area contributed by atoms with Crippen molar-refractivity contribution in [2.24, 2.45) is 0 Å². The van der Waals surface area contributed by atoms with E-state index in [-0.39, 0.29) is 32.1 Å².